The fourth-order valence-electron chi connectivity index (χ4n) is 2.97. The highest BCUT2D eigenvalue weighted by atomic mass is 16.5. The molecule has 2 atom stereocenters. The van der Waals surface area contributed by atoms with Crippen molar-refractivity contribution in [2.75, 3.05) is 6.54 Å². The van der Waals surface area contributed by atoms with E-state index < -0.39 is 0 Å². The van der Waals surface area contributed by atoms with Gasteiger partial charge in [0.15, 0.2) is 0 Å². The lowest BCUT2D eigenvalue weighted by Crippen LogP contribution is -2.45. The summed E-state index contributed by atoms with van der Waals surface area (Å²) in [6.45, 7) is 5.10. The maximum absolute atomic E-state index is 6.31. The van der Waals surface area contributed by atoms with Gasteiger partial charge in [0.2, 0.25) is 0 Å². The fraction of sp³-hybridized carbons (Fsp3) is 1.00. The zero-order valence-electron chi connectivity index (χ0n) is 9.51. The van der Waals surface area contributed by atoms with Crippen molar-refractivity contribution in [3.8, 4) is 0 Å². The van der Waals surface area contributed by atoms with Gasteiger partial charge in [-0.3, -0.25) is 0 Å². The molecule has 2 fully saturated rings. The molecule has 2 nitrogen and oxygen atoms in total. The van der Waals surface area contributed by atoms with E-state index in [0.29, 0.717) is 6.54 Å². The van der Waals surface area contributed by atoms with Crippen molar-refractivity contribution in [1.29, 1.82) is 0 Å². The lowest BCUT2D eigenvalue weighted by Gasteiger charge is -2.43. The molecule has 0 bridgehead atoms. The third kappa shape index (κ3) is 1.49. The van der Waals surface area contributed by atoms with E-state index in [1.54, 1.807) is 0 Å². The molecule has 0 aromatic heterocycles. The Hall–Kier alpha value is -0.0800. The Kier molecular flexibility index (Phi) is 2.61. The minimum absolute atomic E-state index is 0.0361. The van der Waals surface area contributed by atoms with Crippen molar-refractivity contribution >= 4 is 0 Å². The quantitative estimate of drug-likeness (QED) is 0.754. The molecule has 1 heterocycles. The van der Waals surface area contributed by atoms with E-state index in [1.165, 1.54) is 25.7 Å². The van der Waals surface area contributed by atoms with Gasteiger partial charge in [0, 0.05) is 6.54 Å². The molecule has 1 aliphatic heterocycles. The minimum Gasteiger partial charge on any atom is -0.367 e. The summed E-state index contributed by atoms with van der Waals surface area (Å²) >= 11 is 0. The van der Waals surface area contributed by atoms with Gasteiger partial charge in [0.25, 0.3) is 0 Å². The van der Waals surface area contributed by atoms with Gasteiger partial charge in [-0.15, -0.1) is 0 Å². The predicted molar refractivity (Wildman–Crippen MR) is 58.1 cm³/mol. The van der Waals surface area contributed by atoms with E-state index in [-0.39, 0.29) is 11.2 Å². The molecule has 2 heteroatoms. The van der Waals surface area contributed by atoms with Gasteiger partial charge in [0.1, 0.15) is 0 Å². The van der Waals surface area contributed by atoms with Gasteiger partial charge in [-0.25, -0.2) is 0 Å². The van der Waals surface area contributed by atoms with Gasteiger partial charge < -0.3 is 10.5 Å². The molecule has 0 radical (unpaired) electrons. The van der Waals surface area contributed by atoms with Crippen molar-refractivity contribution in [3.63, 3.8) is 0 Å². The molecule has 0 amide bonds. The van der Waals surface area contributed by atoms with Crippen molar-refractivity contribution < 1.29 is 4.74 Å². The van der Waals surface area contributed by atoms with Crippen LogP contribution in [0.15, 0.2) is 0 Å². The summed E-state index contributed by atoms with van der Waals surface area (Å²) in [6.07, 6.45) is 7.67. The lowest BCUT2D eigenvalue weighted by molar-refractivity contribution is -0.138. The van der Waals surface area contributed by atoms with E-state index in [2.05, 4.69) is 13.8 Å². The van der Waals surface area contributed by atoms with Gasteiger partial charge >= 0.3 is 0 Å². The van der Waals surface area contributed by atoms with Crippen LogP contribution in [0.2, 0.25) is 0 Å². The monoisotopic (exact) mass is 197 g/mol. The van der Waals surface area contributed by atoms with Crippen LogP contribution in [0.25, 0.3) is 0 Å². The van der Waals surface area contributed by atoms with E-state index in [9.17, 15) is 0 Å². The molecule has 1 saturated carbocycles. The Balaban J connectivity index is 2.08. The normalized spacial score (nSPS) is 43.9. The topological polar surface area (TPSA) is 35.2 Å². The van der Waals surface area contributed by atoms with E-state index in [0.717, 1.165) is 18.8 Å². The summed E-state index contributed by atoms with van der Waals surface area (Å²) in [5.74, 6) is 0.820. The van der Waals surface area contributed by atoms with Crippen molar-refractivity contribution in [2.45, 2.75) is 63.6 Å². The minimum atomic E-state index is -0.0361. The maximum atomic E-state index is 6.31. The van der Waals surface area contributed by atoms with Crippen LogP contribution >= 0.6 is 0 Å². The molecule has 2 unspecified atom stereocenters. The van der Waals surface area contributed by atoms with Crippen LogP contribution in [0.5, 0.6) is 0 Å². The fourth-order valence-corrected chi connectivity index (χ4v) is 2.97. The second kappa shape index (κ2) is 3.49. The van der Waals surface area contributed by atoms with Crippen LogP contribution in [0.4, 0.5) is 0 Å². The highest BCUT2D eigenvalue weighted by molar-refractivity contribution is 5.01. The second-order valence-corrected chi connectivity index (χ2v) is 5.30. The van der Waals surface area contributed by atoms with Crippen LogP contribution < -0.4 is 5.73 Å². The third-order valence-electron chi connectivity index (χ3n) is 4.41. The molecule has 0 aromatic rings. The lowest BCUT2D eigenvalue weighted by atomic mass is 9.70. The molecule has 2 N–H and O–H groups in total. The molecular weight excluding hydrogens is 174 g/mol. The highest BCUT2D eigenvalue weighted by Gasteiger charge is 2.50. The van der Waals surface area contributed by atoms with Gasteiger partial charge in [-0.2, -0.15) is 0 Å². The molecule has 2 aliphatic rings. The Labute approximate surface area is 87.2 Å². The van der Waals surface area contributed by atoms with Crippen molar-refractivity contribution in [3.05, 3.63) is 0 Å². The van der Waals surface area contributed by atoms with Crippen molar-refractivity contribution in [2.24, 2.45) is 11.7 Å². The molecule has 1 aliphatic carbocycles. The predicted octanol–water partition coefficient (Wildman–Crippen LogP) is 2.46. The molecule has 1 saturated heterocycles. The molecule has 0 spiro atoms. The van der Waals surface area contributed by atoms with Gasteiger partial charge in [-0.05, 0) is 44.9 Å². The second-order valence-electron chi connectivity index (χ2n) is 5.30. The Morgan fingerprint density at radius 2 is 2.07 bits per heavy atom. The van der Waals surface area contributed by atoms with Crippen LogP contribution in [0.1, 0.15) is 52.4 Å². The first-order chi connectivity index (χ1) is 6.64. The first kappa shape index (κ1) is 10.4. The number of hydrogen-bond donors (Lipinski definition) is 1. The number of rotatable bonds is 3. The van der Waals surface area contributed by atoms with Crippen molar-refractivity contribution in [1.82, 2.24) is 0 Å². The number of ether oxygens (including phenoxy) is 1. The molecular formula is C12H23NO. The van der Waals surface area contributed by atoms with Gasteiger partial charge in [-0.1, -0.05) is 13.3 Å². The first-order valence-electron chi connectivity index (χ1n) is 6.04. The van der Waals surface area contributed by atoms with Gasteiger partial charge in [0.05, 0.1) is 11.2 Å². The van der Waals surface area contributed by atoms with E-state index in [4.69, 9.17) is 10.5 Å². The summed E-state index contributed by atoms with van der Waals surface area (Å²) < 4.78 is 6.31. The first-order valence-corrected chi connectivity index (χ1v) is 6.04. The van der Waals surface area contributed by atoms with Crippen LogP contribution in [0.3, 0.4) is 0 Å². The summed E-state index contributed by atoms with van der Waals surface area (Å²) in [5.41, 5.74) is 5.93. The average molecular weight is 197 g/mol. The van der Waals surface area contributed by atoms with Crippen LogP contribution in [0, 0.1) is 5.92 Å². The highest BCUT2D eigenvalue weighted by Crippen LogP contribution is 2.50. The maximum Gasteiger partial charge on any atom is 0.0784 e. The number of hydrogen-bond acceptors (Lipinski definition) is 2. The largest absolute Gasteiger partial charge is 0.367 e. The SMILES string of the molecule is CCC1(C2CCC2)CCC(C)(CN)O1. The summed E-state index contributed by atoms with van der Waals surface area (Å²) in [7, 11) is 0. The molecule has 82 valence electrons. The Bertz CT molecular complexity index is 214. The van der Waals surface area contributed by atoms with Crippen LogP contribution in [-0.2, 0) is 4.74 Å². The van der Waals surface area contributed by atoms with Crippen LogP contribution in [-0.4, -0.2) is 17.7 Å². The molecule has 0 aromatic carbocycles. The molecule has 2 rings (SSSR count). The zero-order valence-corrected chi connectivity index (χ0v) is 9.51. The number of nitrogens with two attached hydrogens (primary N) is 1. The van der Waals surface area contributed by atoms with E-state index >= 15 is 0 Å². The van der Waals surface area contributed by atoms with E-state index in [1.807, 2.05) is 0 Å². The summed E-state index contributed by atoms with van der Waals surface area (Å²) in [4.78, 5) is 0. The summed E-state index contributed by atoms with van der Waals surface area (Å²) in [6, 6.07) is 0. The Morgan fingerprint density at radius 3 is 2.43 bits per heavy atom. The zero-order chi connectivity index (χ0) is 10.2. The Morgan fingerprint density at radius 1 is 1.36 bits per heavy atom. The standard InChI is InChI=1S/C12H23NO/c1-3-12(10-5-4-6-10)8-7-11(2,9-13)14-12/h10H,3-9,13H2,1-2H3. The average Bonchev–Trinajstić information content (AvgIpc) is 2.43. The molecule has 14 heavy (non-hydrogen) atoms. The third-order valence-corrected chi connectivity index (χ3v) is 4.41. The summed E-state index contributed by atoms with van der Waals surface area (Å²) in [5, 5.41) is 0. The smallest absolute Gasteiger partial charge is 0.0784 e.